The fraction of sp³-hybridized carbons (Fsp3) is 0.211. The molecule has 122 valence electrons. The van der Waals surface area contributed by atoms with Crippen LogP contribution in [0.1, 0.15) is 26.2 Å². The molecule has 0 spiro atoms. The molecule has 1 heterocycles. The Labute approximate surface area is 140 Å². The Balaban J connectivity index is 1.70. The highest BCUT2D eigenvalue weighted by Gasteiger charge is 2.10. The fourth-order valence-corrected chi connectivity index (χ4v) is 2.30. The van der Waals surface area contributed by atoms with Crippen LogP contribution < -0.4 is 5.32 Å². The number of unbranched alkanes of at least 4 members (excludes halogenated alkanes) is 1. The second kappa shape index (κ2) is 7.55. The summed E-state index contributed by atoms with van der Waals surface area (Å²) < 4.78 is 5.33. The van der Waals surface area contributed by atoms with Gasteiger partial charge < -0.3 is 9.84 Å². The highest BCUT2D eigenvalue weighted by Crippen LogP contribution is 2.23. The lowest BCUT2D eigenvalue weighted by Gasteiger charge is -2.04. The van der Waals surface area contributed by atoms with E-state index in [-0.39, 0.29) is 5.91 Å². The van der Waals surface area contributed by atoms with E-state index in [2.05, 4.69) is 22.4 Å². The lowest BCUT2D eigenvalue weighted by atomic mass is 10.2. The van der Waals surface area contributed by atoms with E-state index in [0.29, 0.717) is 18.1 Å². The number of anilines is 1. The van der Waals surface area contributed by atoms with Crippen molar-refractivity contribution in [2.45, 2.75) is 26.2 Å². The summed E-state index contributed by atoms with van der Waals surface area (Å²) in [6.45, 7) is 2.07. The van der Waals surface area contributed by atoms with Crippen LogP contribution in [0.3, 0.4) is 0 Å². The number of carbonyl (C=O) groups excluding carboxylic acids is 1. The minimum Gasteiger partial charge on any atom is -0.334 e. The van der Waals surface area contributed by atoms with Crippen LogP contribution in [-0.4, -0.2) is 16.0 Å². The van der Waals surface area contributed by atoms with Crippen LogP contribution in [0.4, 0.5) is 5.69 Å². The Morgan fingerprint density at radius 3 is 2.50 bits per heavy atom. The number of aromatic nitrogens is 2. The molecule has 0 aliphatic heterocycles. The minimum absolute atomic E-state index is 0.0359. The monoisotopic (exact) mass is 321 g/mol. The molecule has 5 nitrogen and oxygen atoms in total. The van der Waals surface area contributed by atoms with E-state index in [1.807, 2.05) is 54.6 Å². The van der Waals surface area contributed by atoms with Gasteiger partial charge in [-0.3, -0.25) is 4.79 Å². The van der Waals surface area contributed by atoms with Crippen molar-refractivity contribution >= 4 is 11.6 Å². The molecule has 5 heteroatoms. The molecule has 0 aliphatic rings. The summed E-state index contributed by atoms with van der Waals surface area (Å²) in [4.78, 5) is 16.2. The third-order valence-electron chi connectivity index (χ3n) is 3.63. The minimum atomic E-state index is 0.0359. The van der Waals surface area contributed by atoms with Gasteiger partial charge in [-0.2, -0.15) is 4.98 Å². The van der Waals surface area contributed by atoms with E-state index in [1.54, 1.807) is 0 Å². The zero-order valence-corrected chi connectivity index (χ0v) is 13.5. The Kier molecular flexibility index (Phi) is 5.01. The lowest BCUT2D eigenvalue weighted by Crippen LogP contribution is -2.10. The third kappa shape index (κ3) is 3.87. The summed E-state index contributed by atoms with van der Waals surface area (Å²) in [5, 5.41) is 6.89. The van der Waals surface area contributed by atoms with Gasteiger partial charge in [0.1, 0.15) is 0 Å². The van der Waals surface area contributed by atoms with E-state index >= 15 is 0 Å². The topological polar surface area (TPSA) is 68.0 Å². The van der Waals surface area contributed by atoms with Crippen LogP contribution in [0.2, 0.25) is 0 Å². The van der Waals surface area contributed by atoms with Gasteiger partial charge in [0, 0.05) is 23.2 Å². The molecule has 1 N–H and O–H groups in total. The zero-order chi connectivity index (χ0) is 16.8. The number of benzene rings is 2. The van der Waals surface area contributed by atoms with Crippen molar-refractivity contribution in [3.05, 3.63) is 54.6 Å². The zero-order valence-electron chi connectivity index (χ0n) is 13.5. The van der Waals surface area contributed by atoms with Crippen molar-refractivity contribution in [3.63, 3.8) is 0 Å². The van der Waals surface area contributed by atoms with Crippen LogP contribution in [0, 0.1) is 0 Å². The average Bonchev–Trinajstić information content (AvgIpc) is 3.11. The molecule has 3 rings (SSSR count). The van der Waals surface area contributed by atoms with E-state index in [9.17, 15) is 4.79 Å². The fourth-order valence-electron chi connectivity index (χ4n) is 2.30. The average molecular weight is 321 g/mol. The van der Waals surface area contributed by atoms with Crippen molar-refractivity contribution in [1.82, 2.24) is 10.1 Å². The highest BCUT2D eigenvalue weighted by molar-refractivity contribution is 5.90. The number of hydrogen-bond acceptors (Lipinski definition) is 4. The van der Waals surface area contributed by atoms with Crippen molar-refractivity contribution in [1.29, 1.82) is 0 Å². The smallest absolute Gasteiger partial charge is 0.258 e. The van der Waals surface area contributed by atoms with Crippen LogP contribution >= 0.6 is 0 Å². The van der Waals surface area contributed by atoms with E-state index in [0.717, 1.165) is 29.7 Å². The van der Waals surface area contributed by atoms with Crippen LogP contribution in [0.15, 0.2) is 59.1 Å². The Morgan fingerprint density at radius 1 is 1.04 bits per heavy atom. The van der Waals surface area contributed by atoms with Gasteiger partial charge in [0.25, 0.3) is 5.89 Å². The number of rotatable bonds is 6. The summed E-state index contributed by atoms with van der Waals surface area (Å²) in [6.07, 6.45) is 2.45. The Morgan fingerprint density at radius 2 is 1.79 bits per heavy atom. The first-order valence-electron chi connectivity index (χ1n) is 8.05. The molecule has 0 atom stereocenters. The molecule has 2 aromatic carbocycles. The molecule has 1 aromatic heterocycles. The van der Waals surface area contributed by atoms with Crippen LogP contribution in [0.25, 0.3) is 22.8 Å². The van der Waals surface area contributed by atoms with Gasteiger partial charge in [-0.05, 0) is 30.7 Å². The molecular weight excluding hydrogens is 302 g/mol. The number of amides is 1. The maximum Gasteiger partial charge on any atom is 0.258 e. The van der Waals surface area contributed by atoms with Crippen molar-refractivity contribution in [2.24, 2.45) is 0 Å². The molecule has 24 heavy (non-hydrogen) atoms. The SMILES string of the molecule is CCCCC(=O)Nc1ccc(-c2nc(-c3ccccc3)no2)cc1. The van der Waals surface area contributed by atoms with Gasteiger partial charge in [-0.1, -0.05) is 48.8 Å². The molecule has 0 bridgehead atoms. The Hall–Kier alpha value is -2.95. The summed E-state index contributed by atoms with van der Waals surface area (Å²) in [5.41, 5.74) is 2.49. The van der Waals surface area contributed by atoms with Crippen molar-refractivity contribution < 1.29 is 9.32 Å². The van der Waals surface area contributed by atoms with Gasteiger partial charge in [-0.15, -0.1) is 0 Å². The first kappa shape index (κ1) is 15.9. The summed E-state index contributed by atoms with van der Waals surface area (Å²) in [6, 6.07) is 17.1. The molecule has 0 aliphatic carbocycles. The van der Waals surface area contributed by atoms with Crippen molar-refractivity contribution in [2.75, 3.05) is 5.32 Å². The number of carbonyl (C=O) groups is 1. The first-order chi connectivity index (χ1) is 11.8. The van der Waals surface area contributed by atoms with Gasteiger partial charge in [0.05, 0.1) is 0 Å². The summed E-state index contributed by atoms with van der Waals surface area (Å²) >= 11 is 0. The van der Waals surface area contributed by atoms with Gasteiger partial charge in [0.15, 0.2) is 0 Å². The second-order valence-corrected chi connectivity index (χ2v) is 5.52. The molecular formula is C19H19N3O2. The number of hydrogen-bond donors (Lipinski definition) is 1. The summed E-state index contributed by atoms with van der Waals surface area (Å²) in [5.74, 6) is 1.05. The molecule has 3 aromatic rings. The largest absolute Gasteiger partial charge is 0.334 e. The van der Waals surface area contributed by atoms with Gasteiger partial charge >= 0.3 is 0 Å². The highest BCUT2D eigenvalue weighted by atomic mass is 16.5. The van der Waals surface area contributed by atoms with E-state index < -0.39 is 0 Å². The summed E-state index contributed by atoms with van der Waals surface area (Å²) in [7, 11) is 0. The molecule has 0 saturated carbocycles. The third-order valence-corrected chi connectivity index (χ3v) is 3.63. The quantitative estimate of drug-likeness (QED) is 0.724. The van der Waals surface area contributed by atoms with Gasteiger partial charge in [0.2, 0.25) is 11.7 Å². The number of nitrogens with one attached hydrogen (secondary N) is 1. The van der Waals surface area contributed by atoms with E-state index in [4.69, 9.17) is 4.52 Å². The number of nitrogens with zero attached hydrogens (tertiary/aromatic N) is 2. The van der Waals surface area contributed by atoms with Crippen LogP contribution in [0.5, 0.6) is 0 Å². The second-order valence-electron chi connectivity index (χ2n) is 5.52. The lowest BCUT2D eigenvalue weighted by molar-refractivity contribution is -0.116. The predicted molar refractivity (Wildman–Crippen MR) is 93.3 cm³/mol. The molecule has 0 radical (unpaired) electrons. The van der Waals surface area contributed by atoms with Gasteiger partial charge in [-0.25, -0.2) is 0 Å². The normalized spacial score (nSPS) is 10.5. The van der Waals surface area contributed by atoms with Crippen LogP contribution in [-0.2, 0) is 4.79 Å². The molecule has 1 amide bonds. The molecule has 0 saturated heterocycles. The standard InChI is InChI=1S/C19H19N3O2/c1-2-3-9-17(23)20-16-12-10-15(11-13-16)19-21-18(22-24-19)14-7-5-4-6-8-14/h4-8,10-13H,2-3,9H2,1H3,(H,20,23). The Bertz CT molecular complexity index is 795. The maximum atomic E-state index is 11.7. The predicted octanol–water partition coefficient (Wildman–Crippen LogP) is 4.53. The first-order valence-corrected chi connectivity index (χ1v) is 8.05. The maximum absolute atomic E-state index is 11.7. The van der Waals surface area contributed by atoms with E-state index in [1.165, 1.54) is 0 Å². The van der Waals surface area contributed by atoms with Crippen molar-refractivity contribution in [3.8, 4) is 22.8 Å². The molecule has 0 unspecified atom stereocenters. The molecule has 0 fully saturated rings.